The van der Waals surface area contributed by atoms with Crippen LogP contribution in [0, 0.1) is 0 Å². The summed E-state index contributed by atoms with van der Waals surface area (Å²) >= 11 is 0. The average molecular weight is 450 g/mol. The highest BCUT2D eigenvalue weighted by Crippen LogP contribution is 2.39. The first kappa shape index (κ1) is 22.5. The highest BCUT2D eigenvalue weighted by molar-refractivity contribution is 6.07. The van der Waals surface area contributed by atoms with Crippen LogP contribution in [0.25, 0.3) is 0 Å². The van der Waals surface area contributed by atoms with E-state index in [0.29, 0.717) is 29.4 Å². The van der Waals surface area contributed by atoms with E-state index in [0.717, 1.165) is 16.7 Å². The van der Waals surface area contributed by atoms with Crippen molar-refractivity contribution >= 4 is 40.6 Å². The van der Waals surface area contributed by atoms with Gasteiger partial charge in [0.05, 0.1) is 18.6 Å². The molecule has 0 spiro atoms. The van der Waals surface area contributed by atoms with Crippen molar-refractivity contribution in [3.05, 3.63) is 53.1 Å². The minimum Gasteiger partial charge on any atom is -0.395 e. The molecule has 2 heterocycles. The molecular weight excluding hydrogens is 422 g/mol. The third-order valence-corrected chi connectivity index (χ3v) is 6.08. The van der Waals surface area contributed by atoms with E-state index >= 15 is 0 Å². The molecule has 0 atom stereocenters. The molecule has 4 rings (SSSR count). The van der Waals surface area contributed by atoms with Crippen LogP contribution in [0.3, 0.4) is 0 Å². The van der Waals surface area contributed by atoms with Crippen LogP contribution in [-0.4, -0.2) is 41.8 Å². The van der Waals surface area contributed by atoms with E-state index in [4.69, 9.17) is 5.73 Å². The molecule has 9 heteroatoms. The number of benzene rings is 2. The zero-order valence-corrected chi connectivity index (χ0v) is 18.6. The number of carbonyl (C=O) groups is 3. The fourth-order valence-electron chi connectivity index (χ4n) is 4.11. The second-order valence-corrected chi connectivity index (χ2v) is 8.70. The van der Waals surface area contributed by atoms with Gasteiger partial charge in [0.1, 0.15) is 5.84 Å². The van der Waals surface area contributed by atoms with Crippen LogP contribution in [-0.2, 0) is 26.3 Å². The standard InChI is InChI=1S/C24H27N5O4/c1-24(2)18-12-16(4-6-19(18)28-23(24)33)29(9-10-30)21(32)8-7-20(31)27-15-3-5-17-14(11-15)13-26-22(17)25/h3-6,11-12,30H,7-10,13H2,1-2H3,(H2,25,26)(H,27,31)(H,28,33). The predicted octanol–water partition coefficient (Wildman–Crippen LogP) is 1.88. The molecule has 0 bridgehead atoms. The molecule has 2 aromatic carbocycles. The number of amidine groups is 1. The van der Waals surface area contributed by atoms with E-state index in [1.807, 2.05) is 26.0 Å². The maximum absolute atomic E-state index is 12.9. The van der Waals surface area contributed by atoms with Crippen molar-refractivity contribution in [3.63, 3.8) is 0 Å². The summed E-state index contributed by atoms with van der Waals surface area (Å²) in [6.45, 7) is 3.99. The molecule has 0 radical (unpaired) electrons. The van der Waals surface area contributed by atoms with Crippen LogP contribution in [0.15, 0.2) is 41.4 Å². The van der Waals surface area contributed by atoms with Crippen molar-refractivity contribution in [2.24, 2.45) is 10.7 Å². The molecule has 0 aromatic heterocycles. The molecule has 33 heavy (non-hydrogen) atoms. The smallest absolute Gasteiger partial charge is 0.234 e. The van der Waals surface area contributed by atoms with Gasteiger partial charge in [-0.05, 0) is 61.4 Å². The van der Waals surface area contributed by atoms with Crippen LogP contribution >= 0.6 is 0 Å². The van der Waals surface area contributed by atoms with Crippen LogP contribution in [0.2, 0.25) is 0 Å². The third kappa shape index (κ3) is 4.31. The van der Waals surface area contributed by atoms with Crippen molar-refractivity contribution in [2.75, 3.05) is 28.7 Å². The summed E-state index contributed by atoms with van der Waals surface area (Å²) in [5, 5.41) is 15.1. The lowest BCUT2D eigenvalue weighted by molar-refractivity contribution is -0.122. The number of amides is 3. The molecule has 172 valence electrons. The Morgan fingerprint density at radius 3 is 2.76 bits per heavy atom. The van der Waals surface area contributed by atoms with Gasteiger partial charge in [-0.1, -0.05) is 0 Å². The minimum atomic E-state index is -0.718. The van der Waals surface area contributed by atoms with Crippen molar-refractivity contribution in [3.8, 4) is 0 Å². The molecule has 3 amide bonds. The molecule has 0 fully saturated rings. The number of nitrogens with two attached hydrogens (primary N) is 1. The first-order valence-corrected chi connectivity index (χ1v) is 10.8. The molecule has 2 aromatic rings. The molecule has 0 saturated carbocycles. The van der Waals surface area contributed by atoms with E-state index in [-0.39, 0.29) is 43.7 Å². The lowest BCUT2D eigenvalue weighted by atomic mass is 9.86. The summed E-state index contributed by atoms with van der Waals surface area (Å²) < 4.78 is 0. The Hall–Kier alpha value is -3.72. The number of anilines is 3. The third-order valence-electron chi connectivity index (χ3n) is 6.08. The number of aliphatic imine (C=N–C) groups is 1. The van der Waals surface area contributed by atoms with E-state index in [1.54, 1.807) is 24.3 Å². The molecule has 0 unspecified atom stereocenters. The number of nitrogens with zero attached hydrogens (tertiary/aromatic N) is 2. The lowest BCUT2D eigenvalue weighted by Crippen LogP contribution is -2.34. The second kappa shape index (κ2) is 8.67. The van der Waals surface area contributed by atoms with Gasteiger partial charge in [-0.2, -0.15) is 0 Å². The maximum atomic E-state index is 12.9. The van der Waals surface area contributed by atoms with E-state index in [9.17, 15) is 19.5 Å². The molecular formula is C24H27N5O4. The maximum Gasteiger partial charge on any atom is 0.234 e. The van der Waals surface area contributed by atoms with Gasteiger partial charge in [0.15, 0.2) is 0 Å². The monoisotopic (exact) mass is 449 g/mol. The number of fused-ring (bicyclic) bond motifs is 2. The number of nitrogens with one attached hydrogen (secondary N) is 2. The Labute approximate surface area is 191 Å². The fourth-order valence-corrected chi connectivity index (χ4v) is 4.11. The summed E-state index contributed by atoms with van der Waals surface area (Å²) in [6.07, 6.45) is -0.0303. The van der Waals surface area contributed by atoms with Crippen LogP contribution in [0.1, 0.15) is 43.4 Å². The predicted molar refractivity (Wildman–Crippen MR) is 126 cm³/mol. The number of hydrogen-bond acceptors (Lipinski definition) is 6. The number of aliphatic hydroxyl groups excluding tert-OH is 1. The Kier molecular flexibility index (Phi) is 5.90. The SMILES string of the molecule is CC1(C)C(=O)Nc2ccc(N(CCO)C(=O)CCC(=O)Nc3ccc4c(c3)CN=C4N)cc21. The minimum absolute atomic E-state index is 0.00698. The van der Waals surface area contributed by atoms with Gasteiger partial charge in [0.25, 0.3) is 0 Å². The van der Waals surface area contributed by atoms with Gasteiger partial charge in [0, 0.05) is 42.0 Å². The van der Waals surface area contributed by atoms with Gasteiger partial charge in [-0.3, -0.25) is 19.4 Å². The molecule has 5 N–H and O–H groups in total. The summed E-state index contributed by atoms with van der Waals surface area (Å²) in [5.74, 6) is -0.187. The van der Waals surface area contributed by atoms with Crippen LogP contribution in [0.5, 0.6) is 0 Å². The van der Waals surface area contributed by atoms with Gasteiger partial charge >= 0.3 is 0 Å². The molecule has 0 saturated heterocycles. The van der Waals surface area contributed by atoms with Gasteiger partial charge in [-0.15, -0.1) is 0 Å². The van der Waals surface area contributed by atoms with Crippen molar-refractivity contribution in [1.29, 1.82) is 0 Å². The number of hydrogen-bond donors (Lipinski definition) is 4. The molecule has 9 nitrogen and oxygen atoms in total. The summed E-state index contributed by atoms with van der Waals surface area (Å²) in [4.78, 5) is 43.2. The van der Waals surface area contributed by atoms with E-state index in [1.165, 1.54) is 4.90 Å². The van der Waals surface area contributed by atoms with E-state index < -0.39 is 5.41 Å². The van der Waals surface area contributed by atoms with Gasteiger partial charge < -0.3 is 26.4 Å². The highest BCUT2D eigenvalue weighted by atomic mass is 16.3. The second-order valence-electron chi connectivity index (χ2n) is 8.70. The summed E-state index contributed by atoms with van der Waals surface area (Å²) in [7, 11) is 0. The summed E-state index contributed by atoms with van der Waals surface area (Å²) in [6, 6.07) is 10.7. The molecule has 2 aliphatic heterocycles. The number of rotatable bonds is 7. The first-order valence-electron chi connectivity index (χ1n) is 10.8. The zero-order chi connectivity index (χ0) is 23.8. The Morgan fingerprint density at radius 2 is 2.00 bits per heavy atom. The normalized spacial score (nSPS) is 15.4. The lowest BCUT2D eigenvalue weighted by Gasteiger charge is -2.24. The Morgan fingerprint density at radius 1 is 1.21 bits per heavy atom. The average Bonchev–Trinajstić information content (AvgIpc) is 3.26. The quantitative estimate of drug-likeness (QED) is 0.511. The van der Waals surface area contributed by atoms with Crippen LogP contribution < -0.4 is 21.3 Å². The fraction of sp³-hybridized carbons (Fsp3) is 0.333. The Bertz CT molecular complexity index is 1170. The van der Waals surface area contributed by atoms with E-state index in [2.05, 4.69) is 15.6 Å². The largest absolute Gasteiger partial charge is 0.395 e. The van der Waals surface area contributed by atoms with Crippen LogP contribution in [0.4, 0.5) is 17.1 Å². The highest BCUT2D eigenvalue weighted by Gasteiger charge is 2.38. The van der Waals surface area contributed by atoms with Crippen molar-refractivity contribution in [2.45, 2.75) is 38.6 Å². The topological polar surface area (TPSA) is 137 Å². The van der Waals surface area contributed by atoms with Gasteiger partial charge in [0.2, 0.25) is 17.7 Å². The zero-order valence-electron chi connectivity index (χ0n) is 18.6. The first-order chi connectivity index (χ1) is 15.7. The number of aliphatic hydroxyl groups is 1. The molecule has 0 aliphatic carbocycles. The van der Waals surface area contributed by atoms with Crippen molar-refractivity contribution in [1.82, 2.24) is 0 Å². The molecule has 2 aliphatic rings. The Balaban J connectivity index is 1.41. The van der Waals surface area contributed by atoms with Crippen molar-refractivity contribution < 1.29 is 19.5 Å². The van der Waals surface area contributed by atoms with Gasteiger partial charge in [-0.25, -0.2) is 0 Å². The summed E-state index contributed by atoms with van der Waals surface area (Å²) in [5.41, 5.74) is 9.63. The number of carbonyl (C=O) groups excluding carboxylic acids is 3.